The van der Waals surface area contributed by atoms with Gasteiger partial charge >= 0.3 is 0 Å². The van der Waals surface area contributed by atoms with Crippen LogP contribution < -0.4 is 10.3 Å². The van der Waals surface area contributed by atoms with E-state index in [-0.39, 0.29) is 5.56 Å². The minimum absolute atomic E-state index is 0.107. The van der Waals surface area contributed by atoms with Crippen molar-refractivity contribution in [1.29, 1.82) is 0 Å². The molecule has 0 bridgehead atoms. The number of methoxy groups -OCH3 is 1. The number of aryl methyl sites for hydroxylation is 3. The number of fused-ring (bicyclic) bond motifs is 1. The van der Waals surface area contributed by atoms with Gasteiger partial charge in [0.15, 0.2) is 5.65 Å². The smallest absolute Gasteiger partial charge is 0.254 e. The average molecular weight is 312 g/mol. The lowest BCUT2D eigenvalue weighted by Gasteiger charge is -2.12. The van der Waals surface area contributed by atoms with Crippen LogP contribution in [0.1, 0.15) is 28.3 Å². The quantitative estimate of drug-likeness (QED) is 0.774. The molecule has 0 amide bonds. The highest BCUT2D eigenvalue weighted by molar-refractivity contribution is 5.70. The van der Waals surface area contributed by atoms with E-state index in [1.54, 1.807) is 14.0 Å². The Labute approximate surface area is 134 Å². The van der Waals surface area contributed by atoms with Gasteiger partial charge in [0.25, 0.3) is 5.56 Å². The Bertz CT molecular complexity index is 924. The number of nitrogens with one attached hydrogen (secondary N) is 2. The van der Waals surface area contributed by atoms with Crippen LogP contribution in [0.3, 0.4) is 0 Å². The number of pyridine rings is 2. The molecule has 0 aromatic carbocycles. The highest BCUT2D eigenvalue weighted by Gasteiger charge is 2.13. The predicted octanol–water partition coefficient (Wildman–Crippen LogP) is 2.37. The van der Waals surface area contributed by atoms with Crippen LogP contribution >= 0.6 is 0 Å². The molecule has 0 aliphatic heterocycles. The summed E-state index contributed by atoms with van der Waals surface area (Å²) in [5, 5.41) is 0. The molecule has 23 heavy (non-hydrogen) atoms. The van der Waals surface area contributed by atoms with Crippen molar-refractivity contribution in [3.05, 3.63) is 50.8 Å². The summed E-state index contributed by atoms with van der Waals surface area (Å²) in [6, 6.07) is 3.94. The molecule has 0 radical (unpaired) electrons. The largest absolute Gasteiger partial charge is 0.496 e. The maximum atomic E-state index is 12.0. The van der Waals surface area contributed by atoms with Crippen LogP contribution in [0, 0.1) is 20.8 Å². The third-order valence-corrected chi connectivity index (χ3v) is 4.09. The van der Waals surface area contributed by atoms with Gasteiger partial charge in [-0.2, -0.15) is 0 Å². The lowest BCUT2D eigenvalue weighted by molar-refractivity contribution is 0.406. The molecule has 3 rings (SSSR count). The number of hydrogen-bond acceptors (Lipinski definition) is 4. The fraction of sp³-hybridized carbons (Fsp3) is 0.353. The van der Waals surface area contributed by atoms with E-state index in [2.05, 4.69) is 19.9 Å². The zero-order chi connectivity index (χ0) is 16.6. The van der Waals surface area contributed by atoms with E-state index in [9.17, 15) is 4.79 Å². The maximum Gasteiger partial charge on any atom is 0.254 e. The molecule has 0 aliphatic rings. The van der Waals surface area contributed by atoms with Crippen molar-refractivity contribution >= 4 is 11.2 Å². The first-order valence-corrected chi connectivity index (χ1v) is 7.58. The summed E-state index contributed by atoms with van der Waals surface area (Å²) in [6.07, 6.45) is 1.37. The second kappa shape index (κ2) is 5.87. The first kappa shape index (κ1) is 15.3. The lowest BCUT2D eigenvalue weighted by Crippen LogP contribution is -2.16. The van der Waals surface area contributed by atoms with Gasteiger partial charge in [0.2, 0.25) is 0 Å². The molecular weight excluding hydrogens is 292 g/mol. The van der Waals surface area contributed by atoms with Crippen LogP contribution in [0.2, 0.25) is 0 Å². The second-order valence-electron chi connectivity index (χ2n) is 5.72. The maximum absolute atomic E-state index is 12.0. The Kier molecular flexibility index (Phi) is 3.90. The molecule has 0 saturated heterocycles. The summed E-state index contributed by atoms with van der Waals surface area (Å²) < 4.78 is 5.36. The summed E-state index contributed by atoms with van der Waals surface area (Å²) in [5.74, 6) is 1.52. The summed E-state index contributed by atoms with van der Waals surface area (Å²) in [4.78, 5) is 27.1. The van der Waals surface area contributed by atoms with Crippen molar-refractivity contribution < 1.29 is 4.74 Å². The topological polar surface area (TPSA) is 83.7 Å². The standard InChI is InChI=1S/C17H20N4O2/c1-9-5-6-13-16(18-9)21-14(19-13)8-7-12-10(2)15(23-4)11(3)17(22)20-12/h5-6H,7-8H2,1-4H3,(H,20,22)(H,18,19,21). The van der Waals surface area contributed by atoms with Gasteiger partial charge in [-0.05, 0) is 39.3 Å². The SMILES string of the molecule is COc1c(C)c(CCc2nc3nc(C)ccc3[nH]2)[nH]c(=O)c1C. The first-order chi connectivity index (χ1) is 11.0. The Morgan fingerprint density at radius 2 is 1.83 bits per heavy atom. The van der Waals surface area contributed by atoms with Gasteiger partial charge in [-0.1, -0.05) is 0 Å². The fourth-order valence-electron chi connectivity index (χ4n) is 2.80. The molecule has 6 nitrogen and oxygen atoms in total. The number of aromatic amines is 2. The minimum atomic E-state index is -0.107. The van der Waals surface area contributed by atoms with Crippen molar-refractivity contribution in [2.45, 2.75) is 33.6 Å². The van der Waals surface area contributed by atoms with E-state index in [0.717, 1.165) is 33.9 Å². The summed E-state index contributed by atoms with van der Waals surface area (Å²) >= 11 is 0. The first-order valence-electron chi connectivity index (χ1n) is 7.58. The molecule has 3 aromatic heterocycles. The van der Waals surface area contributed by atoms with E-state index in [0.29, 0.717) is 24.2 Å². The van der Waals surface area contributed by atoms with Crippen LogP contribution in [0.15, 0.2) is 16.9 Å². The van der Waals surface area contributed by atoms with Gasteiger partial charge in [-0.3, -0.25) is 4.79 Å². The number of ether oxygens (including phenoxy) is 1. The van der Waals surface area contributed by atoms with E-state index in [1.807, 2.05) is 26.0 Å². The molecule has 0 aliphatic carbocycles. The minimum Gasteiger partial charge on any atom is -0.496 e. The third-order valence-electron chi connectivity index (χ3n) is 4.09. The Morgan fingerprint density at radius 1 is 1.04 bits per heavy atom. The van der Waals surface area contributed by atoms with Gasteiger partial charge < -0.3 is 14.7 Å². The molecule has 3 aromatic rings. The van der Waals surface area contributed by atoms with Gasteiger partial charge in [-0.25, -0.2) is 9.97 Å². The molecule has 0 fully saturated rings. The van der Waals surface area contributed by atoms with E-state index in [4.69, 9.17) is 4.74 Å². The zero-order valence-corrected chi connectivity index (χ0v) is 13.8. The number of hydrogen-bond donors (Lipinski definition) is 2. The predicted molar refractivity (Wildman–Crippen MR) is 89.1 cm³/mol. The van der Waals surface area contributed by atoms with Gasteiger partial charge in [0.1, 0.15) is 11.6 Å². The molecule has 0 atom stereocenters. The summed E-state index contributed by atoms with van der Waals surface area (Å²) in [6.45, 7) is 5.67. The van der Waals surface area contributed by atoms with Gasteiger partial charge in [-0.15, -0.1) is 0 Å². The van der Waals surface area contributed by atoms with Crippen LogP contribution in [0.4, 0.5) is 0 Å². The normalized spacial score (nSPS) is 11.1. The Morgan fingerprint density at radius 3 is 2.57 bits per heavy atom. The van der Waals surface area contributed by atoms with Crippen LogP contribution in [-0.4, -0.2) is 27.0 Å². The lowest BCUT2D eigenvalue weighted by atomic mass is 10.1. The molecule has 120 valence electrons. The van der Waals surface area contributed by atoms with E-state index >= 15 is 0 Å². The number of nitrogens with zero attached hydrogens (tertiary/aromatic N) is 2. The van der Waals surface area contributed by atoms with Crippen molar-refractivity contribution in [1.82, 2.24) is 19.9 Å². The van der Waals surface area contributed by atoms with Crippen LogP contribution in [0.25, 0.3) is 11.2 Å². The van der Waals surface area contributed by atoms with Crippen LogP contribution in [0.5, 0.6) is 5.75 Å². The number of rotatable bonds is 4. The van der Waals surface area contributed by atoms with Crippen LogP contribution in [-0.2, 0) is 12.8 Å². The molecule has 0 saturated carbocycles. The molecule has 3 heterocycles. The van der Waals surface area contributed by atoms with E-state index in [1.165, 1.54) is 0 Å². The highest BCUT2D eigenvalue weighted by atomic mass is 16.5. The summed E-state index contributed by atoms with van der Waals surface area (Å²) in [7, 11) is 1.59. The van der Waals surface area contributed by atoms with Crippen molar-refractivity contribution in [2.24, 2.45) is 0 Å². The number of H-pyrrole nitrogens is 2. The molecule has 0 spiro atoms. The van der Waals surface area contributed by atoms with E-state index < -0.39 is 0 Å². The van der Waals surface area contributed by atoms with Crippen molar-refractivity contribution in [3.8, 4) is 5.75 Å². The molecule has 6 heteroatoms. The fourth-order valence-corrected chi connectivity index (χ4v) is 2.80. The highest BCUT2D eigenvalue weighted by Crippen LogP contribution is 2.22. The summed E-state index contributed by atoms with van der Waals surface area (Å²) in [5.41, 5.74) is 4.95. The van der Waals surface area contributed by atoms with Crippen molar-refractivity contribution in [3.63, 3.8) is 0 Å². The van der Waals surface area contributed by atoms with Gasteiger partial charge in [0, 0.05) is 23.4 Å². The second-order valence-corrected chi connectivity index (χ2v) is 5.72. The third kappa shape index (κ3) is 2.84. The average Bonchev–Trinajstić information content (AvgIpc) is 2.92. The molecule has 0 unspecified atom stereocenters. The number of aromatic nitrogens is 4. The zero-order valence-electron chi connectivity index (χ0n) is 13.8. The molecular formula is C17H20N4O2. The molecule has 2 N–H and O–H groups in total. The van der Waals surface area contributed by atoms with Crippen molar-refractivity contribution in [2.75, 3.05) is 7.11 Å². The van der Waals surface area contributed by atoms with Gasteiger partial charge in [0.05, 0.1) is 18.2 Å². The monoisotopic (exact) mass is 312 g/mol. The Hall–Kier alpha value is -2.63. The number of imidazole rings is 1. The Balaban J connectivity index is 1.87.